The van der Waals surface area contributed by atoms with Gasteiger partial charge in [-0.1, -0.05) is 109 Å². The first-order chi connectivity index (χ1) is 17.6. The highest BCUT2D eigenvalue weighted by Gasteiger charge is 2.48. The Kier molecular flexibility index (Phi) is 9.73. The van der Waals surface area contributed by atoms with E-state index in [0.717, 1.165) is 0 Å². The molecule has 3 heterocycles. The lowest BCUT2D eigenvalue weighted by atomic mass is 9.62. The number of allylic oxidation sites excluding steroid dienone is 2. The maximum atomic E-state index is 6.25. The molecule has 0 saturated carbocycles. The van der Waals surface area contributed by atoms with Crippen LogP contribution < -0.4 is 0 Å². The van der Waals surface area contributed by atoms with Crippen LogP contribution in [0.15, 0.2) is 35.3 Å². The molecule has 3 aliphatic rings. The van der Waals surface area contributed by atoms with Gasteiger partial charge in [-0.2, -0.15) is 0 Å². The molecule has 3 aliphatic heterocycles. The Bertz CT molecular complexity index is 921. The number of rotatable bonds is 10. The quantitative estimate of drug-likeness (QED) is 0.257. The lowest BCUT2D eigenvalue weighted by molar-refractivity contribution is -0.0176. The normalized spacial score (nSPS) is 30.4. The lowest BCUT2D eigenvalue weighted by Gasteiger charge is -2.46. The summed E-state index contributed by atoms with van der Waals surface area (Å²) in [4.78, 5) is 0. The molecule has 0 radical (unpaired) electrons. The van der Waals surface area contributed by atoms with Crippen molar-refractivity contribution in [3.05, 3.63) is 35.3 Å². The van der Waals surface area contributed by atoms with Gasteiger partial charge in [0.1, 0.15) is 6.10 Å². The van der Waals surface area contributed by atoms with Crippen LogP contribution in [0, 0.1) is 50.2 Å². The van der Waals surface area contributed by atoms with E-state index in [1.165, 1.54) is 25.7 Å². The van der Waals surface area contributed by atoms with E-state index in [2.05, 4.69) is 150 Å². The van der Waals surface area contributed by atoms with Crippen LogP contribution in [-0.4, -0.2) is 16.6 Å². The number of thioether (sulfide) groups is 2. The molecule has 0 aromatic carbocycles. The summed E-state index contributed by atoms with van der Waals surface area (Å²) in [7, 11) is 0. The van der Waals surface area contributed by atoms with Crippen molar-refractivity contribution in [1.29, 1.82) is 0 Å². The highest BCUT2D eigenvalue weighted by Crippen LogP contribution is 2.56. The molecule has 0 bridgehead atoms. The third kappa shape index (κ3) is 7.57. The molecule has 6 atom stereocenters. The van der Waals surface area contributed by atoms with Gasteiger partial charge < -0.3 is 4.74 Å². The highest BCUT2D eigenvalue weighted by molar-refractivity contribution is 8.03. The van der Waals surface area contributed by atoms with E-state index in [1.807, 2.05) is 6.26 Å². The standard InChI is InChI=1S/C36H62OS2/c1-31(2,3)25-15-22-37-28(25)35(11,12)20-21-36(13,14)30-27(17-24-39-30)34(9,10)19-18-33(7,8)26-16-23-38-29(26)32(4,5)6/h15-17,22-30H,18-21H2,1-14H3. The van der Waals surface area contributed by atoms with Gasteiger partial charge in [0.05, 0.1) is 6.26 Å². The topological polar surface area (TPSA) is 9.23 Å². The van der Waals surface area contributed by atoms with Gasteiger partial charge in [-0.3, -0.25) is 0 Å². The van der Waals surface area contributed by atoms with Crippen LogP contribution in [0.1, 0.15) is 123 Å². The first-order valence-electron chi connectivity index (χ1n) is 15.6. The van der Waals surface area contributed by atoms with Crippen LogP contribution in [0.5, 0.6) is 0 Å². The van der Waals surface area contributed by atoms with Crippen LogP contribution in [0.3, 0.4) is 0 Å². The molecule has 3 rings (SSSR count). The second kappa shape index (κ2) is 11.4. The average Bonchev–Trinajstić information content (AvgIpc) is 3.55. The Morgan fingerprint density at radius 3 is 1.41 bits per heavy atom. The Balaban J connectivity index is 1.66. The van der Waals surface area contributed by atoms with Crippen molar-refractivity contribution in [3.8, 4) is 0 Å². The van der Waals surface area contributed by atoms with E-state index >= 15 is 0 Å². The molecule has 3 heteroatoms. The fourth-order valence-corrected chi connectivity index (χ4v) is 10.3. The molecule has 0 saturated heterocycles. The van der Waals surface area contributed by atoms with Gasteiger partial charge >= 0.3 is 0 Å². The first kappa shape index (κ1) is 33.2. The summed E-state index contributed by atoms with van der Waals surface area (Å²) in [5.41, 5.74) is 1.52. The van der Waals surface area contributed by atoms with Gasteiger partial charge in [0, 0.05) is 21.8 Å². The third-order valence-corrected chi connectivity index (χ3v) is 13.7. The fraction of sp³-hybridized carbons (Fsp3) is 0.833. The minimum atomic E-state index is 0.140. The summed E-state index contributed by atoms with van der Waals surface area (Å²) in [6.07, 6.45) is 14.6. The van der Waals surface area contributed by atoms with Gasteiger partial charge in [0.2, 0.25) is 0 Å². The summed E-state index contributed by atoms with van der Waals surface area (Å²) < 4.78 is 6.25. The summed E-state index contributed by atoms with van der Waals surface area (Å²) >= 11 is 4.15. The zero-order valence-electron chi connectivity index (χ0n) is 28.0. The zero-order valence-corrected chi connectivity index (χ0v) is 29.6. The van der Waals surface area contributed by atoms with Gasteiger partial charge in [-0.15, -0.1) is 23.5 Å². The van der Waals surface area contributed by atoms with Crippen molar-refractivity contribution in [2.24, 2.45) is 50.2 Å². The third-order valence-electron chi connectivity index (χ3n) is 10.5. The minimum absolute atomic E-state index is 0.140. The Morgan fingerprint density at radius 1 is 0.487 bits per heavy atom. The van der Waals surface area contributed by atoms with Crippen LogP contribution >= 0.6 is 23.5 Å². The smallest absolute Gasteiger partial charge is 0.110 e. The molecular formula is C36H62OS2. The molecular weight excluding hydrogens is 513 g/mol. The fourth-order valence-electron chi connectivity index (χ4n) is 7.27. The average molecular weight is 575 g/mol. The Hall–Kier alpha value is -0.280. The molecule has 0 aliphatic carbocycles. The molecule has 0 aromatic rings. The zero-order chi connectivity index (χ0) is 29.7. The van der Waals surface area contributed by atoms with Gasteiger partial charge in [-0.25, -0.2) is 0 Å². The lowest BCUT2D eigenvalue weighted by Crippen LogP contribution is -2.43. The van der Waals surface area contributed by atoms with Crippen LogP contribution in [-0.2, 0) is 4.74 Å². The largest absolute Gasteiger partial charge is 0.497 e. The number of ether oxygens (including phenoxy) is 1. The predicted molar refractivity (Wildman–Crippen MR) is 178 cm³/mol. The van der Waals surface area contributed by atoms with Gasteiger partial charge in [0.25, 0.3) is 0 Å². The first-order valence-corrected chi connectivity index (χ1v) is 17.4. The highest BCUT2D eigenvalue weighted by atomic mass is 32.2. The van der Waals surface area contributed by atoms with Crippen molar-refractivity contribution in [2.45, 2.75) is 139 Å². The van der Waals surface area contributed by atoms with Crippen molar-refractivity contribution < 1.29 is 4.74 Å². The van der Waals surface area contributed by atoms with E-state index < -0.39 is 0 Å². The van der Waals surface area contributed by atoms with E-state index in [0.29, 0.717) is 39.1 Å². The molecule has 0 spiro atoms. The predicted octanol–water partition coefficient (Wildman–Crippen LogP) is 11.8. The van der Waals surface area contributed by atoms with Crippen molar-refractivity contribution >= 4 is 23.5 Å². The molecule has 1 nitrogen and oxygen atoms in total. The number of hydrogen-bond acceptors (Lipinski definition) is 3. The molecule has 0 aromatic heterocycles. The number of hydrogen-bond donors (Lipinski definition) is 0. The molecule has 0 fully saturated rings. The van der Waals surface area contributed by atoms with Gasteiger partial charge in [-0.05, 0) is 81.5 Å². The maximum absolute atomic E-state index is 6.25. The Labute approximate surface area is 252 Å². The molecule has 6 unspecified atom stereocenters. The van der Waals surface area contributed by atoms with E-state index in [9.17, 15) is 0 Å². The van der Waals surface area contributed by atoms with Crippen molar-refractivity contribution in [3.63, 3.8) is 0 Å². The Morgan fingerprint density at radius 2 is 0.923 bits per heavy atom. The summed E-state index contributed by atoms with van der Waals surface area (Å²) in [6.45, 7) is 34.4. The minimum Gasteiger partial charge on any atom is -0.497 e. The molecule has 224 valence electrons. The second-order valence-corrected chi connectivity index (χ2v) is 20.0. The summed E-state index contributed by atoms with van der Waals surface area (Å²) in [5, 5.41) is 6.09. The molecule has 39 heavy (non-hydrogen) atoms. The molecule has 0 N–H and O–H groups in total. The summed E-state index contributed by atoms with van der Waals surface area (Å²) in [6, 6.07) is 0. The van der Waals surface area contributed by atoms with Gasteiger partial charge in [0.15, 0.2) is 0 Å². The van der Waals surface area contributed by atoms with E-state index in [4.69, 9.17) is 4.74 Å². The SMILES string of the molecule is CC(C)(C)C1C=COC1C(C)(C)CCC(C)(C)C1SC=CC1C(C)(C)CCC(C)(C)C1C=CSC1C(C)(C)C. The van der Waals surface area contributed by atoms with Crippen molar-refractivity contribution in [2.75, 3.05) is 0 Å². The van der Waals surface area contributed by atoms with Crippen LogP contribution in [0.2, 0.25) is 0 Å². The summed E-state index contributed by atoms with van der Waals surface area (Å²) in [5.74, 6) is 1.72. The van der Waals surface area contributed by atoms with Crippen LogP contribution in [0.25, 0.3) is 0 Å². The second-order valence-electron chi connectivity index (χ2n) is 17.9. The van der Waals surface area contributed by atoms with E-state index in [1.54, 1.807) is 0 Å². The monoisotopic (exact) mass is 574 g/mol. The van der Waals surface area contributed by atoms with Crippen LogP contribution in [0.4, 0.5) is 0 Å². The van der Waals surface area contributed by atoms with Crippen molar-refractivity contribution in [1.82, 2.24) is 0 Å². The van der Waals surface area contributed by atoms with E-state index in [-0.39, 0.29) is 27.8 Å². The maximum Gasteiger partial charge on any atom is 0.110 e. The molecule has 0 amide bonds.